The van der Waals surface area contributed by atoms with E-state index < -0.39 is 41.1 Å². The predicted molar refractivity (Wildman–Crippen MR) is 132 cm³/mol. The standard InChI is InChI=1S/C27H41NO6/c1-8-28(9-2)20-12-10-19(11-13-20)22-23(25(30)33-15-17(3)4)21(29)14-27(7,32)24(22)26(31)34-16-18(5)6/h10-13,17-18,22-24,32H,8-9,14-16H2,1-7H3/t22-,23+,24-,27+/m0/s1. The van der Waals surface area contributed by atoms with Gasteiger partial charge in [-0.25, -0.2) is 0 Å². The maximum atomic E-state index is 13.3. The molecule has 1 aliphatic rings. The molecule has 0 radical (unpaired) electrons. The Labute approximate surface area is 203 Å². The molecule has 0 aliphatic heterocycles. The molecule has 1 aromatic carbocycles. The number of esters is 2. The summed E-state index contributed by atoms with van der Waals surface area (Å²) in [5, 5.41) is 11.2. The van der Waals surface area contributed by atoms with E-state index in [2.05, 4.69) is 18.7 Å². The molecule has 1 aliphatic carbocycles. The van der Waals surface area contributed by atoms with E-state index in [1.54, 1.807) is 0 Å². The Hall–Kier alpha value is -2.41. The molecule has 1 N–H and O–H groups in total. The van der Waals surface area contributed by atoms with Gasteiger partial charge in [-0.2, -0.15) is 0 Å². The highest BCUT2D eigenvalue weighted by molar-refractivity contribution is 6.02. The lowest BCUT2D eigenvalue weighted by molar-refractivity contribution is -0.173. The quantitative estimate of drug-likeness (QED) is 0.404. The van der Waals surface area contributed by atoms with Gasteiger partial charge in [0.15, 0.2) is 5.78 Å². The van der Waals surface area contributed by atoms with E-state index in [4.69, 9.17) is 9.47 Å². The third-order valence-corrected chi connectivity index (χ3v) is 6.30. The van der Waals surface area contributed by atoms with Crippen LogP contribution >= 0.6 is 0 Å². The fourth-order valence-electron chi connectivity index (χ4n) is 4.59. The topological polar surface area (TPSA) is 93.1 Å². The lowest BCUT2D eigenvalue weighted by Gasteiger charge is -2.43. The van der Waals surface area contributed by atoms with Gasteiger partial charge < -0.3 is 19.5 Å². The van der Waals surface area contributed by atoms with E-state index in [1.807, 2.05) is 52.0 Å². The van der Waals surface area contributed by atoms with Crippen molar-refractivity contribution in [3.8, 4) is 0 Å². The number of nitrogens with zero attached hydrogens (tertiary/aromatic N) is 1. The number of hydrogen-bond acceptors (Lipinski definition) is 7. The molecule has 7 nitrogen and oxygen atoms in total. The van der Waals surface area contributed by atoms with Gasteiger partial charge in [-0.3, -0.25) is 14.4 Å². The maximum Gasteiger partial charge on any atom is 0.317 e. The average Bonchev–Trinajstić information content (AvgIpc) is 2.76. The summed E-state index contributed by atoms with van der Waals surface area (Å²) in [5.74, 6) is -4.64. The summed E-state index contributed by atoms with van der Waals surface area (Å²) >= 11 is 0. The second-order valence-electron chi connectivity index (χ2n) is 10.3. The van der Waals surface area contributed by atoms with Crippen LogP contribution in [0.4, 0.5) is 5.69 Å². The van der Waals surface area contributed by atoms with Crippen LogP contribution in [0.25, 0.3) is 0 Å². The summed E-state index contributed by atoms with van der Waals surface area (Å²) < 4.78 is 11.0. The summed E-state index contributed by atoms with van der Waals surface area (Å²) in [7, 11) is 0. The zero-order valence-corrected chi connectivity index (χ0v) is 21.7. The van der Waals surface area contributed by atoms with Crippen LogP contribution in [-0.2, 0) is 23.9 Å². The minimum atomic E-state index is -1.65. The highest BCUT2D eigenvalue weighted by Gasteiger charge is 2.57. The summed E-state index contributed by atoms with van der Waals surface area (Å²) in [4.78, 5) is 41.7. The smallest absolute Gasteiger partial charge is 0.317 e. The minimum absolute atomic E-state index is 0.101. The first kappa shape index (κ1) is 27.8. The molecule has 7 heteroatoms. The first-order valence-electron chi connectivity index (χ1n) is 12.4. The summed E-state index contributed by atoms with van der Waals surface area (Å²) in [5.41, 5.74) is -0.0231. The number of anilines is 1. The first-order chi connectivity index (χ1) is 15.9. The zero-order valence-electron chi connectivity index (χ0n) is 21.7. The lowest BCUT2D eigenvalue weighted by Crippen LogP contribution is -2.55. The van der Waals surface area contributed by atoms with Crippen LogP contribution in [0.3, 0.4) is 0 Å². The fourth-order valence-corrected chi connectivity index (χ4v) is 4.59. The third-order valence-electron chi connectivity index (χ3n) is 6.30. The van der Waals surface area contributed by atoms with Gasteiger partial charge in [0.2, 0.25) is 0 Å². The number of ketones is 1. The van der Waals surface area contributed by atoms with Gasteiger partial charge in [0.25, 0.3) is 0 Å². The molecule has 1 fully saturated rings. The normalized spacial score (nSPS) is 24.9. The molecule has 0 aromatic heterocycles. The van der Waals surface area contributed by atoms with E-state index >= 15 is 0 Å². The molecule has 34 heavy (non-hydrogen) atoms. The Morgan fingerprint density at radius 2 is 1.50 bits per heavy atom. The van der Waals surface area contributed by atoms with E-state index in [0.29, 0.717) is 5.56 Å². The fraction of sp³-hybridized carbons (Fsp3) is 0.667. The Balaban J connectivity index is 2.55. The number of carbonyl (C=O) groups is 3. The molecular formula is C27H41NO6. The van der Waals surface area contributed by atoms with Crippen LogP contribution < -0.4 is 4.90 Å². The van der Waals surface area contributed by atoms with Gasteiger partial charge >= 0.3 is 11.9 Å². The van der Waals surface area contributed by atoms with Gasteiger partial charge in [-0.05, 0) is 50.3 Å². The highest BCUT2D eigenvalue weighted by Crippen LogP contribution is 2.47. The van der Waals surface area contributed by atoms with Crippen molar-refractivity contribution in [1.82, 2.24) is 0 Å². The summed E-state index contributed by atoms with van der Waals surface area (Å²) in [6, 6.07) is 7.50. The second-order valence-corrected chi connectivity index (χ2v) is 10.3. The zero-order chi connectivity index (χ0) is 25.6. The SMILES string of the molecule is CCN(CC)c1ccc([C@H]2[C@H](C(=O)OCC(C)C)C(=O)C[C@@](C)(O)[C@@H]2C(=O)OCC(C)C)cc1. The van der Waals surface area contributed by atoms with Crippen molar-refractivity contribution in [1.29, 1.82) is 0 Å². The number of carbonyl (C=O) groups excluding carboxylic acids is 3. The Morgan fingerprint density at radius 3 is 1.97 bits per heavy atom. The van der Waals surface area contributed by atoms with E-state index in [1.165, 1.54) is 6.92 Å². The van der Waals surface area contributed by atoms with Gasteiger partial charge in [-0.15, -0.1) is 0 Å². The lowest BCUT2D eigenvalue weighted by atomic mass is 9.61. The molecule has 1 saturated carbocycles. The molecule has 0 unspecified atom stereocenters. The monoisotopic (exact) mass is 475 g/mol. The molecule has 4 atom stereocenters. The number of rotatable bonds is 10. The molecule has 0 amide bonds. The maximum absolute atomic E-state index is 13.3. The number of ether oxygens (including phenoxy) is 2. The minimum Gasteiger partial charge on any atom is -0.465 e. The molecule has 0 spiro atoms. The van der Waals surface area contributed by atoms with E-state index in [-0.39, 0.29) is 31.5 Å². The van der Waals surface area contributed by atoms with Crippen molar-refractivity contribution in [3.63, 3.8) is 0 Å². The van der Waals surface area contributed by atoms with Crippen molar-refractivity contribution in [2.75, 3.05) is 31.2 Å². The van der Waals surface area contributed by atoms with E-state index in [0.717, 1.165) is 18.8 Å². The second kappa shape index (κ2) is 11.8. The predicted octanol–water partition coefficient (Wildman–Crippen LogP) is 3.97. The molecule has 0 heterocycles. The van der Waals surface area contributed by atoms with Gasteiger partial charge in [-0.1, -0.05) is 39.8 Å². The van der Waals surface area contributed by atoms with Crippen molar-refractivity contribution >= 4 is 23.4 Å². The van der Waals surface area contributed by atoms with Crippen LogP contribution in [0.15, 0.2) is 24.3 Å². The largest absolute Gasteiger partial charge is 0.465 e. The summed E-state index contributed by atoms with van der Waals surface area (Å²) in [6.07, 6.45) is -0.316. The summed E-state index contributed by atoms with van der Waals surface area (Å²) in [6.45, 7) is 15.3. The highest BCUT2D eigenvalue weighted by atomic mass is 16.5. The molecular weight excluding hydrogens is 434 g/mol. The molecule has 1 aromatic rings. The van der Waals surface area contributed by atoms with Crippen molar-refractivity contribution in [3.05, 3.63) is 29.8 Å². The number of Topliss-reactive ketones (excluding diaryl/α,β-unsaturated/α-hetero) is 1. The van der Waals surface area contributed by atoms with Crippen molar-refractivity contribution in [2.45, 2.75) is 66.4 Å². The Kier molecular flexibility index (Phi) is 9.68. The van der Waals surface area contributed by atoms with Crippen molar-refractivity contribution in [2.24, 2.45) is 23.7 Å². The molecule has 0 saturated heterocycles. The average molecular weight is 476 g/mol. The first-order valence-corrected chi connectivity index (χ1v) is 12.4. The van der Waals surface area contributed by atoms with Crippen LogP contribution in [0.5, 0.6) is 0 Å². The number of hydrogen-bond donors (Lipinski definition) is 1. The Morgan fingerprint density at radius 1 is 1.00 bits per heavy atom. The van der Waals surface area contributed by atoms with Gasteiger partial charge in [0.1, 0.15) is 5.92 Å². The van der Waals surface area contributed by atoms with Gasteiger partial charge in [0.05, 0.1) is 24.7 Å². The third kappa shape index (κ3) is 6.59. The number of benzene rings is 1. The van der Waals surface area contributed by atoms with Crippen LogP contribution in [-0.4, -0.2) is 54.7 Å². The van der Waals surface area contributed by atoms with Gasteiger partial charge in [0, 0.05) is 31.1 Å². The molecule has 190 valence electrons. The Bertz CT molecular complexity index is 841. The van der Waals surface area contributed by atoms with E-state index in [9.17, 15) is 19.5 Å². The number of aliphatic hydroxyl groups is 1. The van der Waals surface area contributed by atoms with Crippen LogP contribution in [0.2, 0.25) is 0 Å². The molecule has 0 bridgehead atoms. The van der Waals surface area contributed by atoms with Crippen LogP contribution in [0.1, 0.15) is 66.4 Å². The van der Waals surface area contributed by atoms with Crippen molar-refractivity contribution < 1.29 is 29.0 Å². The molecule has 2 rings (SSSR count). The van der Waals surface area contributed by atoms with Crippen LogP contribution in [0, 0.1) is 23.7 Å².